The second-order valence-corrected chi connectivity index (χ2v) is 6.64. The molecule has 6 nitrogen and oxygen atoms in total. The Morgan fingerprint density at radius 1 is 1.07 bits per heavy atom. The third-order valence-electron chi connectivity index (χ3n) is 4.05. The fraction of sp³-hybridized carbons (Fsp3) is 0.190. The molecule has 0 spiro atoms. The monoisotopic (exact) mass is 396 g/mol. The van der Waals surface area contributed by atoms with Gasteiger partial charge < -0.3 is 15.4 Å². The Bertz CT molecular complexity index is 944. The molecule has 28 heavy (non-hydrogen) atoms. The molecule has 0 aliphatic heterocycles. The molecule has 0 aliphatic carbocycles. The molecule has 0 fully saturated rings. The summed E-state index contributed by atoms with van der Waals surface area (Å²) in [5.41, 5.74) is 2.93. The lowest BCUT2D eigenvalue weighted by molar-refractivity contribution is 0.0949. The predicted molar refractivity (Wildman–Crippen MR) is 111 cm³/mol. The average Bonchev–Trinajstić information content (AvgIpc) is 2.69. The van der Waals surface area contributed by atoms with Crippen molar-refractivity contribution in [1.82, 2.24) is 15.3 Å². The summed E-state index contributed by atoms with van der Waals surface area (Å²) in [6, 6.07) is 16.6. The van der Waals surface area contributed by atoms with Gasteiger partial charge in [-0.2, -0.15) is 0 Å². The lowest BCUT2D eigenvalue weighted by Gasteiger charge is -2.09. The minimum Gasteiger partial charge on any atom is -0.497 e. The first-order chi connectivity index (χ1) is 13.5. The van der Waals surface area contributed by atoms with Gasteiger partial charge in [-0.3, -0.25) is 4.79 Å². The smallest absolute Gasteiger partial charge is 0.270 e. The van der Waals surface area contributed by atoms with E-state index in [0.29, 0.717) is 35.3 Å². The van der Waals surface area contributed by atoms with Crippen LogP contribution >= 0.6 is 11.6 Å². The summed E-state index contributed by atoms with van der Waals surface area (Å²) in [7, 11) is 1.62. The number of anilines is 2. The van der Waals surface area contributed by atoms with Gasteiger partial charge in [0, 0.05) is 22.9 Å². The van der Waals surface area contributed by atoms with E-state index in [1.807, 2.05) is 55.5 Å². The number of aromatic nitrogens is 2. The maximum atomic E-state index is 12.5. The van der Waals surface area contributed by atoms with E-state index in [1.54, 1.807) is 13.2 Å². The fourth-order valence-electron chi connectivity index (χ4n) is 2.61. The van der Waals surface area contributed by atoms with Gasteiger partial charge in [0.05, 0.1) is 7.11 Å². The zero-order valence-electron chi connectivity index (χ0n) is 15.7. The van der Waals surface area contributed by atoms with Crippen LogP contribution in [0.4, 0.5) is 11.6 Å². The number of amides is 1. The molecule has 144 valence electrons. The SMILES string of the molecule is COc1ccc(Nc2nc(C)cc(C(=O)NCCc3ccc(Cl)cc3)n2)cc1. The number of methoxy groups -OCH3 is 1. The summed E-state index contributed by atoms with van der Waals surface area (Å²) in [6.07, 6.45) is 0.712. The third-order valence-corrected chi connectivity index (χ3v) is 4.30. The second kappa shape index (κ2) is 9.19. The largest absolute Gasteiger partial charge is 0.497 e. The van der Waals surface area contributed by atoms with Crippen molar-refractivity contribution in [3.63, 3.8) is 0 Å². The summed E-state index contributed by atoms with van der Waals surface area (Å²) < 4.78 is 5.15. The molecule has 1 amide bonds. The standard InChI is InChI=1S/C21H21ClN4O2/c1-14-13-19(20(27)23-12-11-15-3-5-16(22)6-4-15)26-21(24-14)25-17-7-9-18(28-2)10-8-17/h3-10,13H,11-12H2,1-2H3,(H,23,27)(H,24,25,26). The van der Waals surface area contributed by atoms with Crippen LogP contribution in [0.5, 0.6) is 5.75 Å². The van der Waals surface area contributed by atoms with E-state index in [9.17, 15) is 4.79 Å². The average molecular weight is 397 g/mol. The van der Waals surface area contributed by atoms with Crippen LogP contribution in [0.3, 0.4) is 0 Å². The van der Waals surface area contributed by atoms with Crippen LogP contribution in [0.15, 0.2) is 54.6 Å². The normalized spacial score (nSPS) is 10.4. The Hall–Kier alpha value is -3.12. The van der Waals surface area contributed by atoms with Gasteiger partial charge in [0.1, 0.15) is 11.4 Å². The van der Waals surface area contributed by atoms with Crippen molar-refractivity contribution in [3.05, 3.63) is 76.6 Å². The highest BCUT2D eigenvalue weighted by molar-refractivity contribution is 6.30. The van der Waals surface area contributed by atoms with E-state index >= 15 is 0 Å². The summed E-state index contributed by atoms with van der Waals surface area (Å²) >= 11 is 5.88. The van der Waals surface area contributed by atoms with Gasteiger partial charge in [-0.1, -0.05) is 23.7 Å². The van der Waals surface area contributed by atoms with Crippen molar-refractivity contribution in [2.75, 3.05) is 19.0 Å². The molecule has 1 aromatic heterocycles. The molecule has 3 aromatic rings. The molecule has 0 unspecified atom stereocenters. The van der Waals surface area contributed by atoms with Crippen molar-refractivity contribution in [1.29, 1.82) is 0 Å². The van der Waals surface area contributed by atoms with Crippen molar-refractivity contribution in [3.8, 4) is 5.75 Å². The Morgan fingerprint density at radius 2 is 1.79 bits per heavy atom. The number of benzene rings is 2. The molecule has 0 saturated heterocycles. The lowest BCUT2D eigenvalue weighted by Crippen LogP contribution is -2.27. The van der Waals surface area contributed by atoms with Crippen LogP contribution in [-0.2, 0) is 6.42 Å². The van der Waals surface area contributed by atoms with Gasteiger partial charge in [-0.25, -0.2) is 9.97 Å². The summed E-state index contributed by atoms with van der Waals surface area (Å²) in [5.74, 6) is 0.890. The van der Waals surface area contributed by atoms with E-state index in [4.69, 9.17) is 16.3 Å². The second-order valence-electron chi connectivity index (χ2n) is 6.20. The topological polar surface area (TPSA) is 76.1 Å². The van der Waals surface area contributed by atoms with Gasteiger partial charge >= 0.3 is 0 Å². The molecule has 0 atom stereocenters. The summed E-state index contributed by atoms with van der Waals surface area (Å²) in [4.78, 5) is 21.1. The number of rotatable bonds is 7. The highest BCUT2D eigenvalue weighted by atomic mass is 35.5. The quantitative estimate of drug-likeness (QED) is 0.627. The van der Waals surface area contributed by atoms with Crippen LogP contribution < -0.4 is 15.4 Å². The number of nitrogens with zero attached hydrogens (tertiary/aromatic N) is 2. The maximum Gasteiger partial charge on any atom is 0.270 e. The summed E-state index contributed by atoms with van der Waals surface area (Å²) in [5, 5.41) is 6.69. The molecule has 2 N–H and O–H groups in total. The van der Waals surface area contributed by atoms with Gasteiger partial charge in [0.2, 0.25) is 5.95 Å². The fourth-order valence-corrected chi connectivity index (χ4v) is 2.73. The van der Waals surface area contributed by atoms with E-state index in [2.05, 4.69) is 20.6 Å². The molecule has 3 rings (SSSR count). The number of hydrogen-bond donors (Lipinski definition) is 2. The minimum absolute atomic E-state index is 0.239. The summed E-state index contributed by atoms with van der Waals surface area (Å²) in [6.45, 7) is 2.33. The molecule has 2 aromatic carbocycles. The molecular formula is C21H21ClN4O2. The first-order valence-corrected chi connectivity index (χ1v) is 9.21. The van der Waals surface area contributed by atoms with Crippen molar-refractivity contribution < 1.29 is 9.53 Å². The van der Waals surface area contributed by atoms with E-state index < -0.39 is 0 Å². The zero-order chi connectivity index (χ0) is 19.9. The number of carbonyl (C=O) groups excluding carboxylic acids is 1. The lowest BCUT2D eigenvalue weighted by atomic mass is 10.1. The number of aryl methyl sites for hydroxylation is 1. The molecular weight excluding hydrogens is 376 g/mol. The third kappa shape index (κ3) is 5.44. The number of hydrogen-bond acceptors (Lipinski definition) is 5. The van der Waals surface area contributed by atoms with Crippen LogP contribution in [0.1, 0.15) is 21.7 Å². The Balaban J connectivity index is 1.62. The number of carbonyl (C=O) groups is 1. The van der Waals surface area contributed by atoms with E-state index in [-0.39, 0.29) is 5.91 Å². The molecule has 1 heterocycles. The predicted octanol–water partition coefficient (Wildman–Crippen LogP) is 4.16. The van der Waals surface area contributed by atoms with Gasteiger partial charge in [-0.05, 0) is 61.4 Å². The first kappa shape index (κ1) is 19.6. The maximum absolute atomic E-state index is 12.5. The van der Waals surface area contributed by atoms with Crippen molar-refractivity contribution >= 4 is 29.1 Å². The van der Waals surface area contributed by atoms with Gasteiger partial charge in [0.15, 0.2) is 0 Å². The van der Waals surface area contributed by atoms with Crippen LogP contribution in [-0.4, -0.2) is 29.5 Å². The van der Waals surface area contributed by atoms with E-state index in [1.165, 1.54) is 0 Å². The van der Waals surface area contributed by atoms with Crippen LogP contribution in [0, 0.1) is 6.92 Å². The Kier molecular flexibility index (Phi) is 6.45. The van der Waals surface area contributed by atoms with Crippen molar-refractivity contribution in [2.24, 2.45) is 0 Å². The number of halogens is 1. The Morgan fingerprint density at radius 3 is 2.46 bits per heavy atom. The van der Waals surface area contributed by atoms with Gasteiger partial charge in [0.25, 0.3) is 5.91 Å². The highest BCUT2D eigenvalue weighted by Gasteiger charge is 2.10. The number of ether oxygens (including phenoxy) is 1. The van der Waals surface area contributed by atoms with Crippen LogP contribution in [0.25, 0.3) is 0 Å². The van der Waals surface area contributed by atoms with Crippen LogP contribution in [0.2, 0.25) is 5.02 Å². The van der Waals surface area contributed by atoms with Crippen molar-refractivity contribution in [2.45, 2.75) is 13.3 Å². The molecule has 0 bridgehead atoms. The Labute approximate surface area is 168 Å². The van der Waals surface area contributed by atoms with Gasteiger partial charge in [-0.15, -0.1) is 0 Å². The highest BCUT2D eigenvalue weighted by Crippen LogP contribution is 2.18. The number of nitrogens with one attached hydrogen (secondary N) is 2. The molecule has 7 heteroatoms. The molecule has 0 radical (unpaired) electrons. The minimum atomic E-state index is -0.239. The molecule has 0 aliphatic rings. The van der Waals surface area contributed by atoms with E-state index in [0.717, 1.165) is 17.0 Å². The zero-order valence-corrected chi connectivity index (χ0v) is 16.5. The first-order valence-electron chi connectivity index (χ1n) is 8.83. The molecule has 0 saturated carbocycles.